The molecule has 1 heterocycles. The molecule has 0 bridgehead atoms. The first kappa shape index (κ1) is 11.9. The summed E-state index contributed by atoms with van der Waals surface area (Å²) in [6, 6.07) is 4.39. The lowest BCUT2D eigenvalue weighted by atomic mass is 10.1. The van der Waals surface area contributed by atoms with Crippen LogP contribution in [0, 0.1) is 5.82 Å². The number of benzene rings is 1. The lowest BCUT2D eigenvalue weighted by Crippen LogP contribution is -2.32. The number of amides is 2. The van der Waals surface area contributed by atoms with Gasteiger partial charge in [0.05, 0.1) is 0 Å². The standard InChI is InChI=1S/C12H16FN3O/c13-10-4-3-5-11(9(10)8-14)15-12(17)16-6-1-2-7-16/h3-5H,1-2,6-8,14H2,(H,15,17). The van der Waals surface area contributed by atoms with Crippen LogP contribution in [0.1, 0.15) is 18.4 Å². The molecule has 92 valence electrons. The fraction of sp³-hybridized carbons (Fsp3) is 0.417. The number of nitrogens with zero attached hydrogens (tertiary/aromatic N) is 1. The molecule has 1 aliphatic heterocycles. The molecule has 4 nitrogen and oxygen atoms in total. The zero-order valence-corrected chi connectivity index (χ0v) is 9.58. The van der Waals surface area contributed by atoms with Gasteiger partial charge >= 0.3 is 6.03 Å². The predicted octanol–water partition coefficient (Wildman–Crippen LogP) is 1.91. The molecule has 1 aromatic carbocycles. The highest BCUT2D eigenvalue weighted by Gasteiger charge is 2.19. The molecular formula is C12H16FN3O. The summed E-state index contributed by atoms with van der Waals surface area (Å²) in [7, 11) is 0. The Labute approximate surface area is 99.6 Å². The lowest BCUT2D eigenvalue weighted by Gasteiger charge is -2.17. The van der Waals surface area contributed by atoms with Crippen LogP contribution < -0.4 is 11.1 Å². The number of hydrogen-bond acceptors (Lipinski definition) is 2. The van der Waals surface area contributed by atoms with Gasteiger partial charge in [0.25, 0.3) is 0 Å². The van der Waals surface area contributed by atoms with Gasteiger partial charge in [0.1, 0.15) is 5.82 Å². The van der Waals surface area contributed by atoms with Crippen molar-refractivity contribution in [2.75, 3.05) is 18.4 Å². The number of urea groups is 1. The number of likely N-dealkylation sites (tertiary alicyclic amines) is 1. The maximum Gasteiger partial charge on any atom is 0.321 e. The molecule has 0 aromatic heterocycles. The summed E-state index contributed by atoms with van der Waals surface area (Å²) in [5.74, 6) is -0.383. The van der Waals surface area contributed by atoms with Crippen LogP contribution >= 0.6 is 0 Å². The van der Waals surface area contributed by atoms with Crippen molar-refractivity contribution < 1.29 is 9.18 Å². The summed E-state index contributed by atoms with van der Waals surface area (Å²) in [6.45, 7) is 1.60. The Morgan fingerprint density at radius 3 is 2.76 bits per heavy atom. The van der Waals surface area contributed by atoms with Gasteiger partial charge in [-0.05, 0) is 25.0 Å². The summed E-state index contributed by atoms with van der Waals surface area (Å²) in [5.41, 5.74) is 6.29. The quantitative estimate of drug-likeness (QED) is 0.825. The lowest BCUT2D eigenvalue weighted by molar-refractivity contribution is 0.222. The fourth-order valence-corrected chi connectivity index (χ4v) is 2.00. The Kier molecular flexibility index (Phi) is 3.58. The van der Waals surface area contributed by atoms with E-state index in [1.165, 1.54) is 6.07 Å². The van der Waals surface area contributed by atoms with Crippen LogP contribution in [0.2, 0.25) is 0 Å². The smallest absolute Gasteiger partial charge is 0.321 e. The van der Waals surface area contributed by atoms with Crippen molar-refractivity contribution in [1.29, 1.82) is 0 Å². The Balaban J connectivity index is 2.12. The molecule has 0 saturated carbocycles. The van der Waals surface area contributed by atoms with Crippen molar-refractivity contribution in [3.8, 4) is 0 Å². The van der Waals surface area contributed by atoms with Crippen LogP contribution in [0.3, 0.4) is 0 Å². The second-order valence-corrected chi connectivity index (χ2v) is 4.09. The number of anilines is 1. The molecule has 1 fully saturated rings. The van der Waals surface area contributed by atoms with E-state index in [2.05, 4.69) is 5.32 Å². The fourth-order valence-electron chi connectivity index (χ4n) is 2.00. The van der Waals surface area contributed by atoms with Gasteiger partial charge in [-0.3, -0.25) is 0 Å². The zero-order valence-electron chi connectivity index (χ0n) is 9.58. The first-order valence-electron chi connectivity index (χ1n) is 5.75. The Hall–Kier alpha value is -1.62. The number of nitrogens with one attached hydrogen (secondary N) is 1. The molecule has 0 radical (unpaired) electrons. The minimum atomic E-state index is -0.383. The third-order valence-corrected chi connectivity index (χ3v) is 2.96. The van der Waals surface area contributed by atoms with E-state index < -0.39 is 0 Å². The van der Waals surface area contributed by atoms with Crippen molar-refractivity contribution in [3.05, 3.63) is 29.6 Å². The highest BCUT2D eigenvalue weighted by atomic mass is 19.1. The van der Waals surface area contributed by atoms with Crippen molar-refractivity contribution in [1.82, 2.24) is 4.90 Å². The number of carbonyl (C=O) groups excluding carboxylic acids is 1. The molecule has 0 unspecified atom stereocenters. The second kappa shape index (κ2) is 5.14. The van der Waals surface area contributed by atoms with E-state index in [4.69, 9.17) is 5.73 Å². The van der Waals surface area contributed by atoms with Gasteiger partial charge in [0, 0.05) is 30.9 Å². The van der Waals surface area contributed by atoms with Crippen molar-refractivity contribution in [2.24, 2.45) is 5.73 Å². The van der Waals surface area contributed by atoms with E-state index in [0.717, 1.165) is 25.9 Å². The molecule has 2 amide bonds. The van der Waals surface area contributed by atoms with Gasteiger partial charge in [0.15, 0.2) is 0 Å². The van der Waals surface area contributed by atoms with E-state index in [-0.39, 0.29) is 18.4 Å². The molecular weight excluding hydrogens is 221 g/mol. The van der Waals surface area contributed by atoms with Gasteiger partial charge in [-0.2, -0.15) is 0 Å². The molecule has 0 spiro atoms. The predicted molar refractivity (Wildman–Crippen MR) is 64.1 cm³/mol. The van der Waals surface area contributed by atoms with Crippen LogP contribution in [0.5, 0.6) is 0 Å². The minimum absolute atomic E-state index is 0.0717. The van der Waals surface area contributed by atoms with Crippen molar-refractivity contribution >= 4 is 11.7 Å². The number of rotatable bonds is 2. The van der Waals surface area contributed by atoms with Gasteiger partial charge < -0.3 is 16.0 Å². The number of nitrogens with two attached hydrogens (primary N) is 1. The Bertz CT molecular complexity index is 416. The normalized spacial score (nSPS) is 15.1. The third-order valence-electron chi connectivity index (χ3n) is 2.96. The molecule has 1 aromatic rings. The molecule has 1 saturated heterocycles. The maximum absolute atomic E-state index is 13.4. The average molecular weight is 237 g/mol. The Morgan fingerprint density at radius 2 is 2.12 bits per heavy atom. The van der Waals surface area contributed by atoms with Crippen molar-refractivity contribution in [3.63, 3.8) is 0 Å². The molecule has 0 atom stereocenters. The van der Waals surface area contributed by atoms with E-state index in [1.54, 1.807) is 17.0 Å². The zero-order chi connectivity index (χ0) is 12.3. The highest BCUT2D eigenvalue weighted by molar-refractivity contribution is 5.90. The SMILES string of the molecule is NCc1c(F)cccc1NC(=O)N1CCCC1. The summed E-state index contributed by atoms with van der Waals surface area (Å²) in [5, 5.41) is 2.71. The van der Waals surface area contributed by atoms with Crippen molar-refractivity contribution in [2.45, 2.75) is 19.4 Å². The first-order chi connectivity index (χ1) is 8.22. The number of halogens is 1. The highest BCUT2D eigenvalue weighted by Crippen LogP contribution is 2.19. The number of hydrogen-bond donors (Lipinski definition) is 2. The molecule has 5 heteroatoms. The first-order valence-corrected chi connectivity index (χ1v) is 5.75. The molecule has 2 rings (SSSR count). The summed E-state index contributed by atoms with van der Waals surface area (Å²) >= 11 is 0. The van der Waals surface area contributed by atoms with E-state index in [1.807, 2.05) is 0 Å². The topological polar surface area (TPSA) is 58.4 Å². The largest absolute Gasteiger partial charge is 0.326 e. The van der Waals surface area contributed by atoms with Gasteiger partial charge in [-0.25, -0.2) is 9.18 Å². The maximum atomic E-state index is 13.4. The van der Waals surface area contributed by atoms with Crippen LogP contribution in [0.25, 0.3) is 0 Å². The third kappa shape index (κ3) is 2.55. The van der Waals surface area contributed by atoms with E-state index in [9.17, 15) is 9.18 Å². The minimum Gasteiger partial charge on any atom is -0.326 e. The van der Waals surface area contributed by atoms with Gasteiger partial charge in [-0.15, -0.1) is 0 Å². The summed E-state index contributed by atoms with van der Waals surface area (Å²) in [4.78, 5) is 13.6. The van der Waals surface area contributed by atoms with Crippen LogP contribution in [-0.2, 0) is 6.54 Å². The average Bonchev–Trinajstić information content (AvgIpc) is 2.82. The monoisotopic (exact) mass is 237 g/mol. The molecule has 3 N–H and O–H groups in total. The van der Waals surface area contributed by atoms with E-state index in [0.29, 0.717) is 11.3 Å². The molecule has 17 heavy (non-hydrogen) atoms. The number of carbonyl (C=O) groups is 1. The second-order valence-electron chi connectivity index (χ2n) is 4.09. The summed E-state index contributed by atoms with van der Waals surface area (Å²) in [6.07, 6.45) is 2.06. The van der Waals surface area contributed by atoms with Crippen LogP contribution in [0.15, 0.2) is 18.2 Å². The van der Waals surface area contributed by atoms with Gasteiger partial charge in [-0.1, -0.05) is 6.07 Å². The van der Waals surface area contributed by atoms with E-state index >= 15 is 0 Å². The van der Waals surface area contributed by atoms with Crippen LogP contribution in [0.4, 0.5) is 14.9 Å². The summed E-state index contributed by atoms with van der Waals surface area (Å²) < 4.78 is 13.4. The van der Waals surface area contributed by atoms with Gasteiger partial charge in [0.2, 0.25) is 0 Å². The molecule has 1 aliphatic rings. The molecule has 0 aliphatic carbocycles. The Morgan fingerprint density at radius 1 is 1.41 bits per heavy atom. The van der Waals surface area contributed by atoms with Crippen LogP contribution in [-0.4, -0.2) is 24.0 Å².